The Balaban J connectivity index is 2.81. The van der Waals surface area contributed by atoms with E-state index in [1.807, 2.05) is 41.5 Å². The summed E-state index contributed by atoms with van der Waals surface area (Å²) in [6, 6.07) is 3.27. The number of carbonyl (C=O) groups is 2. The molecule has 182 valence electrons. The maximum absolute atomic E-state index is 11.7. The van der Waals surface area contributed by atoms with Crippen LogP contribution in [0.25, 0.3) is 0 Å². The molecule has 0 bridgehead atoms. The molecule has 0 saturated heterocycles. The summed E-state index contributed by atoms with van der Waals surface area (Å²) in [6.45, 7) is 12.8. The standard InChI is InChI=1S/C26H42O6/c1-7-15-31-23(29)11-9-13-25(3,4)19-17-22(28)20(18-21(19)27)26(5,6)14-10-12-24(30)32-16-8-2/h17-18,27-28H,7-16H2,1-6H3. The van der Waals surface area contributed by atoms with Gasteiger partial charge in [-0.15, -0.1) is 0 Å². The molecule has 0 aromatic heterocycles. The summed E-state index contributed by atoms with van der Waals surface area (Å²) in [4.78, 5) is 23.5. The van der Waals surface area contributed by atoms with Crippen molar-refractivity contribution in [3.05, 3.63) is 23.3 Å². The number of ether oxygens (including phenoxy) is 2. The van der Waals surface area contributed by atoms with E-state index in [9.17, 15) is 19.8 Å². The molecular weight excluding hydrogens is 408 g/mol. The lowest BCUT2D eigenvalue weighted by Crippen LogP contribution is -2.21. The first-order chi connectivity index (χ1) is 14.9. The van der Waals surface area contributed by atoms with Crippen LogP contribution in [0, 0.1) is 0 Å². The van der Waals surface area contributed by atoms with E-state index in [1.165, 1.54) is 0 Å². The molecule has 0 heterocycles. The number of hydrogen-bond acceptors (Lipinski definition) is 6. The number of carbonyl (C=O) groups excluding carboxylic acids is 2. The van der Waals surface area contributed by atoms with Crippen molar-refractivity contribution < 1.29 is 29.3 Å². The average molecular weight is 451 g/mol. The predicted molar refractivity (Wildman–Crippen MR) is 126 cm³/mol. The molecule has 0 saturated carbocycles. The predicted octanol–water partition coefficient (Wildman–Crippen LogP) is 5.90. The first-order valence-corrected chi connectivity index (χ1v) is 11.8. The first-order valence-electron chi connectivity index (χ1n) is 11.8. The van der Waals surface area contributed by atoms with E-state index in [4.69, 9.17) is 9.47 Å². The Hall–Kier alpha value is -2.24. The Morgan fingerprint density at radius 3 is 1.41 bits per heavy atom. The van der Waals surface area contributed by atoms with Gasteiger partial charge >= 0.3 is 11.9 Å². The summed E-state index contributed by atoms with van der Waals surface area (Å²) in [7, 11) is 0. The molecule has 0 amide bonds. The highest BCUT2D eigenvalue weighted by Crippen LogP contribution is 2.43. The molecule has 0 atom stereocenters. The minimum atomic E-state index is -0.418. The SMILES string of the molecule is CCCOC(=O)CCCC(C)(C)c1cc(O)c(C(C)(C)CCCC(=O)OCCC)cc1O. The molecule has 1 aromatic carbocycles. The van der Waals surface area contributed by atoms with Gasteiger partial charge < -0.3 is 19.7 Å². The van der Waals surface area contributed by atoms with Gasteiger partial charge in [-0.05, 0) is 61.5 Å². The van der Waals surface area contributed by atoms with E-state index in [1.54, 1.807) is 12.1 Å². The van der Waals surface area contributed by atoms with Gasteiger partial charge in [0, 0.05) is 24.0 Å². The molecule has 1 rings (SSSR count). The minimum Gasteiger partial charge on any atom is -0.508 e. The number of hydrogen-bond donors (Lipinski definition) is 2. The lowest BCUT2D eigenvalue weighted by atomic mass is 9.75. The number of rotatable bonds is 14. The van der Waals surface area contributed by atoms with Crippen LogP contribution in [0.5, 0.6) is 11.5 Å². The van der Waals surface area contributed by atoms with Crippen LogP contribution in [-0.2, 0) is 29.9 Å². The highest BCUT2D eigenvalue weighted by molar-refractivity contribution is 5.69. The number of phenols is 2. The van der Waals surface area contributed by atoms with Crippen LogP contribution in [0.15, 0.2) is 12.1 Å². The summed E-state index contributed by atoms with van der Waals surface area (Å²) >= 11 is 0. The largest absolute Gasteiger partial charge is 0.508 e. The van der Waals surface area contributed by atoms with Crippen LogP contribution < -0.4 is 0 Å². The monoisotopic (exact) mass is 450 g/mol. The lowest BCUT2D eigenvalue weighted by Gasteiger charge is -2.30. The Morgan fingerprint density at radius 1 is 0.750 bits per heavy atom. The second-order valence-corrected chi connectivity index (χ2v) is 9.80. The lowest BCUT2D eigenvalue weighted by molar-refractivity contribution is -0.144. The fraction of sp³-hybridized carbons (Fsp3) is 0.692. The second-order valence-electron chi connectivity index (χ2n) is 9.80. The number of benzene rings is 1. The number of aromatic hydroxyl groups is 2. The van der Waals surface area contributed by atoms with Crippen molar-refractivity contribution in [1.29, 1.82) is 0 Å². The normalized spacial score (nSPS) is 11.9. The molecule has 32 heavy (non-hydrogen) atoms. The Bertz CT molecular complexity index is 687. The second kappa shape index (κ2) is 12.7. The summed E-state index contributed by atoms with van der Waals surface area (Å²) in [6.07, 6.45) is 4.89. The van der Waals surface area contributed by atoms with Crippen LogP contribution in [0.2, 0.25) is 0 Å². The van der Waals surface area contributed by atoms with E-state index < -0.39 is 10.8 Å². The Labute approximate surface area is 193 Å². The van der Waals surface area contributed by atoms with Crippen LogP contribution >= 0.6 is 0 Å². The van der Waals surface area contributed by atoms with Gasteiger partial charge in [0.25, 0.3) is 0 Å². The van der Waals surface area contributed by atoms with Gasteiger partial charge in [-0.25, -0.2) is 0 Å². The summed E-state index contributed by atoms with van der Waals surface area (Å²) < 4.78 is 10.2. The third kappa shape index (κ3) is 8.71. The molecule has 0 aliphatic carbocycles. The average Bonchev–Trinajstić information content (AvgIpc) is 2.71. The smallest absolute Gasteiger partial charge is 0.305 e. The molecule has 0 aliphatic rings. The van der Waals surface area contributed by atoms with Crippen LogP contribution in [-0.4, -0.2) is 35.4 Å². The van der Waals surface area contributed by atoms with Crippen molar-refractivity contribution >= 4 is 11.9 Å². The molecule has 6 heteroatoms. The zero-order chi connectivity index (χ0) is 24.4. The van der Waals surface area contributed by atoms with Crippen molar-refractivity contribution in [2.24, 2.45) is 0 Å². The highest BCUT2D eigenvalue weighted by Gasteiger charge is 2.30. The van der Waals surface area contributed by atoms with Crippen molar-refractivity contribution in [3.63, 3.8) is 0 Å². The molecule has 0 radical (unpaired) electrons. The van der Waals surface area contributed by atoms with Gasteiger partial charge in [-0.1, -0.05) is 41.5 Å². The van der Waals surface area contributed by atoms with Gasteiger partial charge in [-0.2, -0.15) is 0 Å². The van der Waals surface area contributed by atoms with Gasteiger partial charge in [0.1, 0.15) is 11.5 Å². The third-order valence-corrected chi connectivity index (χ3v) is 5.87. The minimum absolute atomic E-state index is 0.131. The summed E-state index contributed by atoms with van der Waals surface area (Å²) in [5.41, 5.74) is 0.468. The van der Waals surface area contributed by atoms with Gasteiger partial charge in [0.2, 0.25) is 0 Å². The molecule has 1 aromatic rings. The van der Waals surface area contributed by atoms with E-state index >= 15 is 0 Å². The van der Waals surface area contributed by atoms with Crippen molar-refractivity contribution in [3.8, 4) is 11.5 Å². The summed E-state index contributed by atoms with van der Waals surface area (Å²) in [5, 5.41) is 21.5. The maximum Gasteiger partial charge on any atom is 0.305 e. The number of esters is 2. The van der Waals surface area contributed by atoms with Crippen molar-refractivity contribution in [2.75, 3.05) is 13.2 Å². The van der Waals surface area contributed by atoms with E-state index in [2.05, 4.69) is 0 Å². The van der Waals surface area contributed by atoms with Gasteiger partial charge in [-0.3, -0.25) is 9.59 Å². The molecule has 0 unspecified atom stereocenters. The number of phenolic OH excluding ortho intramolecular Hbond substituents is 2. The highest BCUT2D eigenvalue weighted by atomic mass is 16.5. The maximum atomic E-state index is 11.7. The van der Waals surface area contributed by atoms with Gasteiger partial charge in [0.15, 0.2) is 0 Å². The van der Waals surface area contributed by atoms with Crippen LogP contribution in [0.1, 0.15) is 104 Å². The zero-order valence-electron chi connectivity index (χ0n) is 20.8. The fourth-order valence-corrected chi connectivity index (χ4v) is 3.86. The Kier molecular flexibility index (Phi) is 11.0. The quantitative estimate of drug-likeness (QED) is 0.271. The van der Waals surface area contributed by atoms with Crippen LogP contribution in [0.4, 0.5) is 0 Å². The molecular formula is C26H42O6. The topological polar surface area (TPSA) is 93.1 Å². The molecule has 6 nitrogen and oxygen atoms in total. The van der Waals surface area contributed by atoms with Gasteiger partial charge in [0.05, 0.1) is 13.2 Å². The first kappa shape index (κ1) is 27.8. The molecule has 2 N–H and O–H groups in total. The van der Waals surface area contributed by atoms with Crippen molar-refractivity contribution in [2.45, 2.75) is 104 Å². The molecule has 0 spiro atoms. The molecule has 0 fully saturated rings. The molecule has 0 aliphatic heterocycles. The fourth-order valence-electron chi connectivity index (χ4n) is 3.86. The van der Waals surface area contributed by atoms with E-state index in [0.29, 0.717) is 62.9 Å². The zero-order valence-corrected chi connectivity index (χ0v) is 20.8. The van der Waals surface area contributed by atoms with Crippen LogP contribution in [0.3, 0.4) is 0 Å². The van der Waals surface area contributed by atoms with Crippen molar-refractivity contribution in [1.82, 2.24) is 0 Å². The van der Waals surface area contributed by atoms with E-state index in [0.717, 1.165) is 12.8 Å². The third-order valence-electron chi connectivity index (χ3n) is 5.87. The van der Waals surface area contributed by atoms with E-state index in [-0.39, 0.29) is 23.4 Å². The Morgan fingerprint density at radius 2 is 1.09 bits per heavy atom. The summed E-state index contributed by atoms with van der Waals surface area (Å²) in [5.74, 6) is -0.144.